The van der Waals surface area contributed by atoms with Crippen molar-refractivity contribution in [3.05, 3.63) is 76.2 Å². The van der Waals surface area contributed by atoms with Crippen LogP contribution in [-0.4, -0.2) is 35.9 Å². The second-order valence-corrected chi connectivity index (χ2v) is 6.35. The first-order valence-electron chi connectivity index (χ1n) is 8.41. The van der Waals surface area contributed by atoms with Crippen molar-refractivity contribution in [2.75, 3.05) is 24.7 Å². The minimum absolute atomic E-state index is 0.0865. The number of hydrogen-bond donors (Lipinski definition) is 2. The van der Waals surface area contributed by atoms with E-state index in [4.69, 9.17) is 4.74 Å². The summed E-state index contributed by atoms with van der Waals surface area (Å²) in [4.78, 5) is 14.3. The van der Waals surface area contributed by atoms with Gasteiger partial charge in [-0.15, -0.1) is 0 Å². The van der Waals surface area contributed by atoms with Crippen LogP contribution in [0.5, 0.6) is 0 Å². The van der Waals surface area contributed by atoms with Crippen molar-refractivity contribution >= 4 is 11.7 Å². The molecule has 0 amide bonds. The van der Waals surface area contributed by atoms with E-state index in [0.717, 1.165) is 11.3 Å². The van der Waals surface area contributed by atoms with Crippen LogP contribution in [0.15, 0.2) is 53.7 Å². The van der Waals surface area contributed by atoms with Gasteiger partial charge in [-0.2, -0.15) is 0 Å². The van der Waals surface area contributed by atoms with E-state index < -0.39 is 11.9 Å². The summed E-state index contributed by atoms with van der Waals surface area (Å²) in [7, 11) is 0. The van der Waals surface area contributed by atoms with Crippen LogP contribution >= 0.6 is 0 Å². The Labute approximate surface area is 149 Å². The predicted octanol–water partition coefficient (Wildman–Crippen LogP) is 2.07. The molecule has 0 bridgehead atoms. The van der Waals surface area contributed by atoms with Gasteiger partial charge in [0.25, 0.3) is 0 Å². The average molecular weight is 355 g/mol. The molecule has 0 fully saturated rings. The van der Waals surface area contributed by atoms with Gasteiger partial charge >= 0.3 is 5.97 Å². The van der Waals surface area contributed by atoms with Gasteiger partial charge in [-0.05, 0) is 34.9 Å². The molecule has 0 saturated carbocycles. The number of β-amino-alcohol motifs (C(OH)–C–C–N with tert-alkyl or cyclic N) is 1. The van der Waals surface area contributed by atoms with Crippen LogP contribution in [0.25, 0.3) is 0 Å². The first kappa shape index (κ1) is 16.8. The number of carbonyl (C=O) groups excluding carboxylic acids is 1. The fraction of sp³-hybridized carbons (Fsp3) is 0.250. The molecule has 5 nitrogen and oxygen atoms in total. The zero-order valence-corrected chi connectivity index (χ0v) is 14.0. The summed E-state index contributed by atoms with van der Waals surface area (Å²) < 4.78 is 19.1. The summed E-state index contributed by atoms with van der Waals surface area (Å²) in [5.41, 5.74) is 4.12. The largest absolute Gasteiger partial charge is 0.456 e. The molecule has 2 heterocycles. The topological polar surface area (TPSA) is 70.0 Å². The van der Waals surface area contributed by atoms with Gasteiger partial charge in [0, 0.05) is 18.2 Å². The predicted molar refractivity (Wildman–Crippen MR) is 93.0 cm³/mol. The normalized spacial score (nSPS) is 18.7. The molecule has 2 aliphatic rings. The van der Waals surface area contributed by atoms with Crippen LogP contribution in [0.3, 0.4) is 0 Å². The van der Waals surface area contributed by atoms with Crippen molar-refractivity contribution in [1.29, 1.82) is 0 Å². The van der Waals surface area contributed by atoms with E-state index >= 15 is 0 Å². The molecule has 26 heavy (non-hydrogen) atoms. The lowest BCUT2D eigenvalue weighted by molar-refractivity contribution is -0.136. The number of hydrogen-bond acceptors (Lipinski definition) is 5. The number of carbonyl (C=O) groups is 1. The maximum absolute atomic E-state index is 13.9. The lowest BCUT2D eigenvalue weighted by Crippen LogP contribution is -2.33. The number of aliphatic hydroxyl groups excluding tert-OH is 2. The fourth-order valence-corrected chi connectivity index (χ4v) is 3.78. The first-order chi connectivity index (χ1) is 12.6. The van der Waals surface area contributed by atoms with Gasteiger partial charge in [0.15, 0.2) is 0 Å². The average Bonchev–Trinajstić information content (AvgIpc) is 3.03. The van der Waals surface area contributed by atoms with Gasteiger partial charge < -0.3 is 19.8 Å². The number of ether oxygens (including phenoxy) is 1. The SMILES string of the molecule is O=C1OCC2=C1C(c1cccc(F)c1)c1cc(CO)ccc1N2CCO. The van der Waals surface area contributed by atoms with Crippen molar-refractivity contribution in [3.63, 3.8) is 0 Å². The van der Waals surface area contributed by atoms with Gasteiger partial charge in [-0.3, -0.25) is 0 Å². The van der Waals surface area contributed by atoms with Gasteiger partial charge in [-0.25, -0.2) is 9.18 Å². The van der Waals surface area contributed by atoms with E-state index in [1.54, 1.807) is 18.2 Å². The number of nitrogens with zero attached hydrogens (tertiary/aromatic N) is 1. The van der Waals surface area contributed by atoms with E-state index in [0.29, 0.717) is 28.9 Å². The molecule has 1 unspecified atom stereocenters. The Morgan fingerprint density at radius 3 is 2.77 bits per heavy atom. The highest BCUT2D eigenvalue weighted by molar-refractivity contribution is 5.97. The maximum Gasteiger partial charge on any atom is 0.337 e. The second kappa shape index (κ2) is 6.55. The van der Waals surface area contributed by atoms with Gasteiger partial charge in [0.05, 0.1) is 24.5 Å². The lowest BCUT2D eigenvalue weighted by Gasteiger charge is -2.35. The zero-order chi connectivity index (χ0) is 18.3. The Hall–Kier alpha value is -2.70. The Morgan fingerprint density at radius 2 is 2.04 bits per heavy atom. The van der Waals surface area contributed by atoms with Crippen LogP contribution in [-0.2, 0) is 16.1 Å². The highest BCUT2D eigenvalue weighted by Crippen LogP contribution is 2.47. The van der Waals surface area contributed by atoms with Crippen molar-refractivity contribution in [1.82, 2.24) is 0 Å². The third-order valence-electron chi connectivity index (χ3n) is 4.87. The molecule has 0 saturated heterocycles. The summed E-state index contributed by atoms with van der Waals surface area (Å²) in [6, 6.07) is 11.6. The van der Waals surface area contributed by atoms with Crippen molar-refractivity contribution < 1.29 is 24.1 Å². The lowest BCUT2D eigenvalue weighted by atomic mass is 9.80. The zero-order valence-electron chi connectivity index (χ0n) is 14.0. The van der Waals surface area contributed by atoms with Gasteiger partial charge in [0.2, 0.25) is 0 Å². The Balaban J connectivity index is 1.97. The van der Waals surface area contributed by atoms with Crippen molar-refractivity contribution in [2.45, 2.75) is 12.5 Å². The molecule has 0 aromatic heterocycles. The first-order valence-corrected chi connectivity index (χ1v) is 8.41. The molecule has 2 aliphatic heterocycles. The second-order valence-electron chi connectivity index (χ2n) is 6.35. The summed E-state index contributed by atoms with van der Waals surface area (Å²) in [5, 5.41) is 19.0. The fourth-order valence-electron chi connectivity index (χ4n) is 3.78. The molecule has 2 N–H and O–H groups in total. The van der Waals surface area contributed by atoms with Crippen LogP contribution < -0.4 is 4.90 Å². The molecule has 4 rings (SSSR count). The van der Waals surface area contributed by atoms with Crippen molar-refractivity contribution in [2.24, 2.45) is 0 Å². The smallest absolute Gasteiger partial charge is 0.337 e. The Bertz CT molecular complexity index is 908. The highest BCUT2D eigenvalue weighted by atomic mass is 19.1. The molecular weight excluding hydrogens is 337 g/mol. The van der Waals surface area contributed by atoms with Crippen LogP contribution in [0.4, 0.5) is 10.1 Å². The quantitative estimate of drug-likeness (QED) is 0.822. The molecule has 0 radical (unpaired) electrons. The minimum Gasteiger partial charge on any atom is -0.456 e. The molecule has 2 aromatic carbocycles. The molecule has 0 spiro atoms. The number of rotatable bonds is 4. The molecule has 1 atom stereocenters. The molecular formula is C20H18FNO4. The van der Waals surface area contributed by atoms with Crippen LogP contribution in [0.1, 0.15) is 22.6 Å². The number of benzene rings is 2. The van der Waals surface area contributed by atoms with Crippen LogP contribution in [0.2, 0.25) is 0 Å². The number of cyclic esters (lactones) is 1. The van der Waals surface area contributed by atoms with Gasteiger partial charge in [-0.1, -0.05) is 24.3 Å². The third kappa shape index (κ3) is 2.58. The number of esters is 1. The number of fused-ring (bicyclic) bond motifs is 1. The monoisotopic (exact) mass is 355 g/mol. The van der Waals surface area contributed by atoms with E-state index in [2.05, 4.69) is 0 Å². The standard InChI is InChI=1S/C20H18FNO4/c21-14-3-1-2-13(9-14)18-15-8-12(10-24)4-5-16(15)22(6-7-23)17-11-26-20(25)19(17)18/h1-5,8-9,18,23-24H,6-7,10-11H2. The summed E-state index contributed by atoms with van der Waals surface area (Å²) in [6.45, 7) is 0.217. The Morgan fingerprint density at radius 1 is 1.19 bits per heavy atom. The Kier molecular flexibility index (Phi) is 4.22. The third-order valence-corrected chi connectivity index (χ3v) is 4.87. The minimum atomic E-state index is -0.479. The van der Waals surface area contributed by atoms with Crippen molar-refractivity contribution in [3.8, 4) is 0 Å². The maximum atomic E-state index is 13.9. The molecule has 2 aromatic rings. The van der Waals surface area contributed by atoms with E-state index in [1.165, 1.54) is 12.1 Å². The van der Waals surface area contributed by atoms with E-state index in [9.17, 15) is 19.4 Å². The van der Waals surface area contributed by atoms with Crippen LogP contribution in [0, 0.1) is 5.82 Å². The number of halogens is 1. The molecule has 0 aliphatic carbocycles. The summed E-state index contributed by atoms with van der Waals surface area (Å²) in [6.07, 6.45) is 0. The highest BCUT2D eigenvalue weighted by Gasteiger charge is 2.41. The summed E-state index contributed by atoms with van der Waals surface area (Å²) in [5.74, 6) is -1.29. The van der Waals surface area contributed by atoms with Gasteiger partial charge in [0.1, 0.15) is 12.4 Å². The number of anilines is 1. The summed E-state index contributed by atoms with van der Waals surface area (Å²) >= 11 is 0. The number of aliphatic hydroxyl groups is 2. The van der Waals surface area contributed by atoms with E-state index in [1.807, 2.05) is 17.0 Å². The van der Waals surface area contributed by atoms with E-state index in [-0.39, 0.29) is 25.6 Å². The molecule has 134 valence electrons. The molecule has 6 heteroatoms.